The summed E-state index contributed by atoms with van der Waals surface area (Å²) < 4.78 is 17.8. The highest BCUT2D eigenvalue weighted by atomic mass is 16.5. The van der Waals surface area contributed by atoms with Crippen molar-refractivity contribution in [3.8, 4) is 28.8 Å². The first-order chi connectivity index (χ1) is 16.1. The molecule has 0 aliphatic heterocycles. The second-order valence-electron chi connectivity index (χ2n) is 8.29. The van der Waals surface area contributed by atoms with Crippen LogP contribution >= 0.6 is 0 Å². The fraction of sp³-hybridized carbons (Fsp3) is 0.280. The molecule has 2 aromatic carbocycles. The molecule has 33 heavy (non-hydrogen) atoms. The number of ether oxygens (including phenoxy) is 2. The molecule has 0 spiro atoms. The normalized spacial score (nSPS) is 14.0. The summed E-state index contributed by atoms with van der Waals surface area (Å²) >= 11 is 0. The number of nitrogens with zero attached hydrogens (tertiary/aromatic N) is 5. The van der Waals surface area contributed by atoms with Gasteiger partial charge in [0.15, 0.2) is 5.58 Å². The SMILES string of the molecule is Cc1cc(Oc2cccc(OCC3CC3)c2)cnc1-c1nc2ccc(C(C)N=[N+]=[N-])cc2o1. The zero-order chi connectivity index (χ0) is 22.8. The van der Waals surface area contributed by atoms with Crippen LogP contribution in [0.2, 0.25) is 0 Å². The molecule has 0 amide bonds. The molecule has 8 heteroatoms. The van der Waals surface area contributed by atoms with Crippen molar-refractivity contribution in [3.63, 3.8) is 0 Å². The van der Waals surface area contributed by atoms with E-state index in [-0.39, 0.29) is 6.04 Å². The minimum Gasteiger partial charge on any atom is -0.493 e. The summed E-state index contributed by atoms with van der Waals surface area (Å²) in [5.41, 5.74) is 12.4. The number of hydrogen-bond acceptors (Lipinski definition) is 6. The molecule has 8 nitrogen and oxygen atoms in total. The van der Waals surface area contributed by atoms with Crippen LogP contribution in [0.15, 0.2) is 64.3 Å². The molecule has 1 aliphatic rings. The van der Waals surface area contributed by atoms with Crippen LogP contribution < -0.4 is 9.47 Å². The molecule has 2 aromatic heterocycles. The molecule has 1 unspecified atom stereocenters. The van der Waals surface area contributed by atoms with Gasteiger partial charge in [-0.05, 0) is 72.7 Å². The standard InChI is InChI=1S/C25H23N5O3/c1-15-10-21(32-20-5-3-4-19(12-20)31-14-17-6-7-17)13-27-24(15)25-28-22-9-8-18(11-23(22)33-25)16(2)29-30-26/h3-5,8-13,16-17H,6-7,14H2,1-2H3. The highest BCUT2D eigenvalue weighted by Gasteiger charge is 2.22. The van der Waals surface area contributed by atoms with Gasteiger partial charge in [0.25, 0.3) is 0 Å². The largest absolute Gasteiger partial charge is 0.493 e. The Morgan fingerprint density at radius 1 is 1.15 bits per heavy atom. The Labute approximate surface area is 190 Å². The van der Waals surface area contributed by atoms with Gasteiger partial charge in [-0.25, -0.2) is 9.97 Å². The quantitative estimate of drug-likeness (QED) is 0.164. The molecule has 1 fully saturated rings. The van der Waals surface area contributed by atoms with Gasteiger partial charge in [0.05, 0.1) is 18.8 Å². The fourth-order valence-electron chi connectivity index (χ4n) is 3.54. The second-order valence-corrected chi connectivity index (χ2v) is 8.29. The van der Waals surface area contributed by atoms with Crippen molar-refractivity contribution < 1.29 is 13.9 Å². The van der Waals surface area contributed by atoms with Gasteiger partial charge in [-0.2, -0.15) is 0 Å². The molecule has 0 saturated heterocycles. The maximum absolute atomic E-state index is 8.67. The van der Waals surface area contributed by atoms with E-state index in [1.54, 1.807) is 6.20 Å². The molecule has 0 bridgehead atoms. The van der Waals surface area contributed by atoms with Crippen molar-refractivity contribution in [2.24, 2.45) is 11.0 Å². The topological polar surface area (TPSA) is 106 Å². The first-order valence-corrected chi connectivity index (χ1v) is 10.9. The van der Waals surface area contributed by atoms with Crippen LogP contribution in [0.4, 0.5) is 0 Å². The van der Waals surface area contributed by atoms with Gasteiger partial charge in [0, 0.05) is 11.0 Å². The Balaban J connectivity index is 1.35. The van der Waals surface area contributed by atoms with Crippen LogP contribution in [-0.4, -0.2) is 16.6 Å². The second kappa shape index (κ2) is 8.84. The Morgan fingerprint density at radius 2 is 2.00 bits per heavy atom. The van der Waals surface area contributed by atoms with E-state index in [0.717, 1.165) is 23.5 Å². The van der Waals surface area contributed by atoms with Crippen molar-refractivity contribution in [2.75, 3.05) is 6.61 Å². The van der Waals surface area contributed by atoms with Crippen molar-refractivity contribution >= 4 is 11.1 Å². The van der Waals surface area contributed by atoms with Gasteiger partial charge in [-0.3, -0.25) is 0 Å². The monoisotopic (exact) mass is 441 g/mol. The van der Waals surface area contributed by atoms with E-state index >= 15 is 0 Å². The van der Waals surface area contributed by atoms with Crippen LogP contribution in [0.5, 0.6) is 17.2 Å². The molecule has 5 rings (SSSR count). The zero-order valence-corrected chi connectivity index (χ0v) is 18.4. The van der Waals surface area contributed by atoms with E-state index in [1.807, 2.05) is 62.4 Å². The number of fused-ring (bicyclic) bond motifs is 1. The lowest BCUT2D eigenvalue weighted by Gasteiger charge is -2.10. The summed E-state index contributed by atoms with van der Waals surface area (Å²) in [6.07, 6.45) is 4.16. The van der Waals surface area contributed by atoms with Crippen LogP contribution in [0.25, 0.3) is 33.1 Å². The van der Waals surface area contributed by atoms with Crippen LogP contribution in [0.1, 0.15) is 36.9 Å². The predicted molar refractivity (Wildman–Crippen MR) is 124 cm³/mol. The number of oxazole rings is 1. The molecule has 166 valence electrons. The predicted octanol–water partition coefficient (Wildman–Crippen LogP) is 7.15. The molecule has 1 aliphatic carbocycles. The third kappa shape index (κ3) is 4.76. The van der Waals surface area contributed by atoms with Crippen LogP contribution in [-0.2, 0) is 0 Å². The van der Waals surface area contributed by atoms with Crippen molar-refractivity contribution in [3.05, 3.63) is 76.3 Å². The Morgan fingerprint density at radius 3 is 2.79 bits per heavy atom. The van der Waals surface area contributed by atoms with Gasteiger partial charge in [0.2, 0.25) is 5.89 Å². The summed E-state index contributed by atoms with van der Waals surface area (Å²) in [7, 11) is 0. The Hall–Kier alpha value is -4.03. The lowest BCUT2D eigenvalue weighted by molar-refractivity contribution is 0.298. The fourth-order valence-corrected chi connectivity index (χ4v) is 3.54. The first-order valence-electron chi connectivity index (χ1n) is 10.9. The van der Waals surface area contributed by atoms with E-state index in [0.29, 0.717) is 40.1 Å². The highest BCUT2D eigenvalue weighted by molar-refractivity contribution is 5.77. The average Bonchev–Trinajstić information content (AvgIpc) is 3.55. The lowest BCUT2D eigenvalue weighted by Crippen LogP contribution is -1.98. The van der Waals surface area contributed by atoms with Crippen LogP contribution in [0.3, 0.4) is 0 Å². The number of rotatable bonds is 8. The summed E-state index contributed by atoms with van der Waals surface area (Å²) in [6, 6.07) is 14.8. The maximum Gasteiger partial charge on any atom is 0.246 e. The molecule has 1 atom stereocenters. The number of aromatic nitrogens is 2. The number of hydrogen-bond donors (Lipinski definition) is 0. The Bertz CT molecular complexity index is 1360. The molecular formula is C25H23N5O3. The zero-order valence-electron chi connectivity index (χ0n) is 18.4. The van der Waals surface area contributed by atoms with E-state index in [2.05, 4.69) is 20.0 Å². The van der Waals surface area contributed by atoms with Gasteiger partial charge in [0.1, 0.15) is 28.5 Å². The van der Waals surface area contributed by atoms with Gasteiger partial charge >= 0.3 is 0 Å². The van der Waals surface area contributed by atoms with E-state index < -0.39 is 0 Å². The number of aryl methyl sites for hydroxylation is 1. The number of azide groups is 1. The molecule has 4 aromatic rings. The summed E-state index contributed by atoms with van der Waals surface area (Å²) in [6.45, 7) is 4.53. The summed E-state index contributed by atoms with van der Waals surface area (Å²) in [5, 5.41) is 3.74. The number of pyridine rings is 1. The van der Waals surface area contributed by atoms with Crippen molar-refractivity contribution in [1.82, 2.24) is 9.97 Å². The maximum atomic E-state index is 8.67. The average molecular weight is 441 g/mol. The minimum absolute atomic E-state index is 0.290. The molecule has 0 N–H and O–H groups in total. The van der Waals surface area contributed by atoms with Crippen LogP contribution in [0, 0.1) is 12.8 Å². The first kappa shape index (κ1) is 20.8. The molecule has 2 heterocycles. The third-order valence-electron chi connectivity index (χ3n) is 5.60. The molecule has 0 radical (unpaired) electrons. The number of benzene rings is 2. The lowest BCUT2D eigenvalue weighted by atomic mass is 10.1. The van der Waals surface area contributed by atoms with Gasteiger partial charge < -0.3 is 13.9 Å². The third-order valence-corrected chi connectivity index (χ3v) is 5.60. The van der Waals surface area contributed by atoms with E-state index in [9.17, 15) is 0 Å². The summed E-state index contributed by atoms with van der Waals surface area (Å²) in [5.74, 6) is 3.25. The smallest absolute Gasteiger partial charge is 0.246 e. The molecular weight excluding hydrogens is 418 g/mol. The van der Waals surface area contributed by atoms with Gasteiger partial charge in [-0.15, -0.1) is 0 Å². The molecule has 1 saturated carbocycles. The summed E-state index contributed by atoms with van der Waals surface area (Å²) in [4.78, 5) is 12.0. The van der Waals surface area contributed by atoms with Gasteiger partial charge in [-0.1, -0.05) is 24.2 Å². The van der Waals surface area contributed by atoms with E-state index in [1.165, 1.54) is 12.8 Å². The van der Waals surface area contributed by atoms with Crippen molar-refractivity contribution in [2.45, 2.75) is 32.7 Å². The highest BCUT2D eigenvalue weighted by Crippen LogP contribution is 2.33. The Kier molecular flexibility index (Phi) is 5.59. The minimum atomic E-state index is -0.290. The van der Waals surface area contributed by atoms with Crippen molar-refractivity contribution in [1.29, 1.82) is 0 Å². The van der Waals surface area contributed by atoms with E-state index in [4.69, 9.17) is 19.4 Å².